The van der Waals surface area contributed by atoms with Crippen LogP contribution in [0.3, 0.4) is 0 Å². The lowest BCUT2D eigenvalue weighted by atomic mass is 9.86. The van der Waals surface area contributed by atoms with Gasteiger partial charge in [-0.25, -0.2) is 0 Å². The Labute approximate surface area is 111 Å². The molecule has 3 nitrogen and oxygen atoms in total. The number of nitrogens with zero attached hydrogens (tertiary/aromatic N) is 1. The minimum Gasteiger partial charge on any atom is -0.497 e. The first-order valence-electron chi connectivity index (χ1n) is 7.59. The van der Waals surface area contributed by atoms with Gasteiger partial charge < -0.3 is 10.1 Å². The summed E-state index contributed by atoms with van der Waals surface area (Å²) in [4.78, 5) is 2.60. The van der Waals surface area contributed by atoms with E-state index < -0.39 is 0 Å². The van der Waals surface area contributed by atoms with Crippen LogP contribution in [0, 0.1) is 0 Å². The van der Waals surface area contributed by atoms with Crippen LogP contribution in [0.1, 0.15) is 31.4 Å². The van der Waals surface area contributed by atoms with Crippen molar-refractivity contribution in [3.63, 3.8) is 0 Å². The molecular weight excluding hydrogens is 224 g/mol. The van der Waals surface area contributed by atoms with Crippen LogP contribution in [0.5, 0.6) is 5.75 Å². The smallest absolute Gasteiger partial charge is 0.119 e. The fraction of sp³-hybridized carbons (Fsp3) is 0.600. The molecular formula is C15H22N2O. The molecule has 0 spiro atoms. The fourth-order valence-electron chi connectivity index (χ4n) is 3.22. The molecule has 0 radical (unpaired) electrons. The van der Waals surface area contributed by atoms with Gasteiger partial charge in [-0.3, -0.25) is 4.90 Å². The number of aryl methyl sites for hydroxylation is 1. The molecule has 0 bridgehead atoms. The van der Waals surface area contributed by atoms with Crippen LogP contribution < -0.4 is 10.1 Å². The molecule has 1 fully saturated rings. The van der Waals surface area contributed by atoms with Crippen molar-refractivity contribution in [3.8, 4) is 5.75 Å². The molecule has 1 unspecified atom stereocenters. The van der Waals surface area contributed by atoms with Crippen LogP contribution in [0.25, 0.3) is 0 Å². The van der Waals surface area contributed by atoms with Gasteiger partial charge in [0.15, 0.2) is 0 Å². The van der Waals surface area contributed by atoms with Crippen LogP contribution in [0.2, 0.25) is 0 Å². The van der Waals surface area contributed by atoms with Gasteiger partial charge in [0.1, 0.15) is 5.75 Å². The standard InChI is InChI=1S/C15H22N2O/c1-18-13-6-5-12-3-2-4-15(14(12)11-13)17-9-7-16-8-10-17/h5-6,11,15-16H,2-4,7-10H2,1H3/i1D. The van der Waals surface area contributed by atoms with Gasteiger partial charge in [-0.05, 0) is 42.5 Å². The van der Waals surface area contributed by atoms with Crippen molar-refractivity contribution in [1.82, 2.24) is 10.2 Å². The molecule has 1 heterocycles. The van der Waals surface area contributed by atoms with Crippen LogP contribution in [-0.2, 0) is 6.42 Å². The SMILES string of the molecule is [2H]COc1ccc2c(c1)C(N1CCNCC1)CCC2. The molecule has 1 N–H and O–H groups in total. The van der Waals surface area contributed by atoms with Gasteiger partial charge in [-0.15, -0.1) is 0 Å². The molecule has 0 saturated carbocycles. The van der Waals surface area contributed by atoms with Crippen molar-refractivity contribution >= 4 is 0 Å². The average molecular weight is 247 g/mol. The highest BCUT2D eigenvalue weighted by atomic mass is 16.5. The van der Waals surface area contributed by atoms with Crippen LogP contribution in [-0.4, -0.2) is 38.2 Å². The van der Waals surface area contributed by atoms with Gasteiger partial charge in [0.05, 0.1) is 8.46 Å². The third-order valence-corrected chi connectivity index (χ3v) is 4.16. The molecule has 3 rings (SSSR count). The first kappa shape index (κ1) is 10.8. The molecule has 0 aromatic heterocycles. The van der Waals surface area contributed by atoms with E-state index in [1.54, 1.807) is 0 Å². The maximum atomic E-state index is 7.19. The summed E-state index contributed by atoms with van der Waals surface area (Å²) in [6, 6.07) is 6.90. The molecule has 1 aliphatic carbocycles. The van der Waals surface area contributed by atoms with Gasteiger partial charge in [0.25, 0.3) is 0 Å². The molecule has 1 aromatic rings. The van der Waals surface area contributed by atoms with Crippen LogP contribution in [0.4, 0.5) is 0 Å². The van der Waals surface area contributed by atoms with Crippen molar-refractivity contribution in [2.45, 2.75) is 25.3 Å². The van der Waals surface area contributed by atoms with E-state index in [1.165, 1.54) is 30.4 Å². The molecule has 0 amide bonds. The van der Waals surface area contributed by atoms with E-state index in [9.17, 15) is 0 Å². The van der Waals surface area contributed by atoms with Crippen molar-refractivity contribution in [1.29, 1.82) is 0 Å². The van der Waals surface area contributed by atoms with Gasteiger partial charge >= 0.3 is 0 Å². The molecule has 1 atom stereocenters. The Morgan fingerprint density at radius 3 is 3.11 bits per heavy atom. The summed E-state index contributed by atoms with van der Waals surface area (Å²) in [6.07, 6.45) is 3.71. The highest BCUT2D eigenvalue weighted by Crippen LogP contribution is 2.36. The second-order valence-corrected chi connectivity index (χ2v) is 5.20. The van der Waals surface area contributed by atoms with E-state index in [4.69, 9.17) is 6.11 Å². The van der Waals surface area contributed by atoms with Crippen molar-refractivity contribution in [3.05, 3.63) is 29.3 Å². The second kappa shape index (κ2) is 5.29. The first-order chi connectivity index (χ1) is 9.38. The third kappa shape index (κ3) is 2.25. The Kier molecular flexibility index (Phi) is 3.18. The zero-order chi connectivity index (χ0) is 13.1. The summed E-state index contributed by atoms with van der Waals surface area (Å²) >= 11 is 0. The Morgan fingerprint density at radius 1 is 1.39 bits per heavy atom. The van der Waals surface area contributed by atoms with Gasteiger partial charge in [0.2, 0.25) is 0 Å². The highest BCUT2D eigenvalue weighted by Gasteiger charge is 2.27. The maximum absolute atomic E-state index is 7.19. The number of piperazine rings is 1. The minimum atomic E-state index is -0.00289. The number of rotatable bonds is 2. The van der Waals surface area contributed by atoms with Crippen LogP contribution in [0.15, 0.2) is 18.2 Å². The zero-order valence-corrected chi connectivity index (χ0v) is 10.8. The maximum Gasteiger partial charge on any atom is 0.119 e. The highest BCUT2D eigenvalue weighted by molar-refractivity contribution is 5.39. The van der Waals surface area contributed by atoms with E-state index >= 15 is 0 Å². The third-order valence-electron chi connectivity index (χ3n) is 4.16. The summed E-state index contributed by atoms with van der Waals surface area (Å²) in [5.41, 5.74) is 2.89. The lowest BCUT2D eigenvalue weighted by Gasteiger charge is -2.38. The Bertz CT molecular complexity index is 432. The molecule has 98 valence electrons. The quantitative estimate of drug-likeness (QED) is 0.865. The predicted molar refractivity (Wildman–Crippen MR) is 73.1 cm³/mol. The van der Waals surface area contributed by atoms with E-state index in [-0.39, 0.29) is 7.09 Å². The number of hydrogen-bond donors (Lipinski definition) is 1. The minimum absolute atomic E-state index is 0.00289. The number of ether oxygens (including phenoxy) is 1. The van der Waals surface area contributed by atoms with Gasteiger partial charge in [-0.1, -0.05) is 6.07 Å². The average Bonchev–Trinajstić information content (AvgIpc) is 2.48. The first-order valence-corrected chi connectivity index (χ1v) is 6.88. The zero-order valence-electron chi connectivity index (χ0n) is 11.8. The van der Waals surface area contributed by atoms with E-state index in [0.717, 1.165) is 31.9 Å². The Morgan fingerprint density at radius 2 is 2.28 bits per heavy atom. The number of methoxy groups -OCH3 is 1. The lowest BCUT2D eigenvalue weighted by molar-refractivity contribution is 0.157. The normalized spacial score (nSPS) is 25.3. The molecule has 2 aliphatic rings. The van der Waals surface area contributed by atoms with Gasteiger partial charge in [0, 0.05) is 32.2 Å². The molecule has 18 heavy (non-hydrogen) atoms. The second-order valence-electron chi connectivity index (χ2n) is 5.20. The molecule has 1 aliphatic heterocycles. The summed E-state index contributed by atoms with van der Waals surface area (Å²) < 4.78 is 12.5. The Hall–Kier alpha value is -1.06. The monoisotopic (exact) mass is 247 g/mol. The van der Waals surface area contributed by atoms with E-state index in [0.29, 0.717) is 6.04 Å². The van der Waals surface area contributed by atoms with Crippen molar-refractivity contribution < 1.29 is 6.11 Å². The number of nitrogens with one attached hydrogen (secondary N) is 1. The van der Waals surface area contributed by atoms with E-state index in [1.807, 2.05) is 6.07 Å². The fourth-order valence-corrected chi connectivity index (χ4v) is 3.22. The predicted octanol–water partition coefficient (Wildman–Crippen LogP) is 1.98. The Balaban J connectivity index is 1.86. The van der Waals surface area contributed by atoms with Crippen LogP contribution >= 0.6 is 0 Å². The largest absolute Gasteiger partial charge is 0.497 e. The number of benzene rings is 1. The molecule has 3 heteroatoms. The lowest BCUT2D eigenvalue weighted by Crippen LogP contribution is -2.45. The molecule has 1 saturated heterocycles. The summed E-state index contributed by atoms with van der Waals surface area (Å²) in [7, 11) is -0.00289. The topological polar surface area (TPSA) is 24.5 Å². The summed E-state index contributed by atoms with van der Waals surface area (Å²) in [6.45, 7) is 4.45. The number of hydrogen-bond acceptors (Lipinski definition) is 3. The summed E-state index contributed by atoms with van der Waals surface area (Å²) in [5.74, 6) is 0.843. The van der Waals surface area contributed by atoms with Gasteiger partial charge in [-0.2, -0.15) is 0 Å². The van der Waals surface area contributed by atoms with E-state index in [2.05, 4.69) is 22.3 Å². The number of fused-ring (bicyclic) bond motifs is 1. The summed E-state index contributed by atoms with van der Waals surface area (Å²) in [5, 5.41) is 3.42. The van der Waals surface area contributed by atoms with Crippen molar-refractivity contribution in [2.24, 2.45) is 0 Å². The molecule has 1 aromatic carbocycles. The van der Waals surface area contributed by atoms with Crippen molar-refractivity contribution in [2.75, 3.05) is 33.3 Å².